The Kier molecular flexibility index (Phi) is 6.19. The topological polar surface area (TPSA) is 44.8 Å². The molecule has 1 aromatic rings. The highest BCUT2D eigenvalue weighted by Crippen LogP contribution is 2.24. The lowest BCUT2D eigenvalue weighted by Crippen LogP contribution is -2.50. The number of hydrogen-bond acceptors (Lipinski definition) is 4. The molecule has 5 heteroatoms. The number of carbonyl (C=O) groups is 1. The SMILES string of the molecule is COc1cccc(N2CCN(CC(=O)NC3CCC(C)CC3)CC2)c1. The van der Waals surface area contributed by atoms with Crippen molar-refractivity contribution in [3.8, 4) is 5.75 Å². The van der Waals surface area contributed by atoms with Gasteiger partial charge in [0.15, 0.2) is 0 Å². The lowest BCUT2D eigenvalue weighted by molar-refractivity contribution is -0.123. The van der Waals surface area contributed by atoms with Crippen LogP contribution in [0.4, 0.5) is 5.69 Å². The van der Waals surface area contributed by atoms with Crippen LogP contribution in [0.5, 0.6) is 5.75 Å². The van der Waals surface area contributed by atoms with Crippen LogP contribution in [-0.4, -0.2) is 56.7 Å². The Hall–Kier alpha value is -1.75. The predicted molar refractivity (Wildman–Crippen MR) is 101 cm³/mol. The number of rotatable bonds is 5. The summed E-state index contributed by atoms with van der Waals surface area (Å²) in [6.45, 7) is 6.57. The zero-order valence-electron chi connectivity index (χ0n) is 15.5. The summed E-state index contributed by atoms with van der Waals surface area (Å²) in [5.74, 6) is 1.90. The minimum Gasteiger partial charge on any atom is -0.497 e. The number of benzene rings is 1. The molecule has 1 saturated heterocycles. The number of nitrogens with one attached hydrogen (secondary N) is 1. The number of nitrogens with zero attached hydrogens (tertiary/aromatic N) is 2. The third-order valence-electron chi connectivity index (χ3n) is 5.54. The number of carbonyl (C=O) groups excluding carboxylic acids is 1. The molecule has 2 aliphatic rings. The van der Waals surface area contributed by atoms with Crippen molar-refractivity contribution in [2.75, 3.05) is 44.7 Å². The Bertz CT molecular complexity index is 562. The van der Waals surface area contributed by atoms with E-state index < -0.39 is 0 Å². The molecule has 1 heterocycles. The van der Waals surface area contributed by atoms with E-state index in [1.807, 2.05) is 12.1 Å². The first-order valence-electron chi connectivity index (χ1n) is 9.55. The molecule has 1 amide bonds. The molecule has 0 bridgehead atoms. The van der Waals surface area contributed by atoms with Crippen LogP contribution >= 0.6 is 0 Å². The average Bonchev–Trinajstić information content (AvgIpc) is 2.64. The van der Waals surface area contributed by atoms with E-state index in [-0.39, 0.29) is 5.91 Å². The molecule has 5 nitrogen and oxygen atoms in total. The minimum atomic E-state index is 0.189. The molecule has 1 aromatic carbocycles. The zero-order chi connectivity index (χ0) is 17.6. The Morgan fingerprint density at radius 1 is 1.16 bits per heavy atom. The van der Waals surface area contributed by atoms with Crippen LogP contribution in [0.25, 0.3) is 0 Å². The van der Waals surface area contributed by atoms with Gasteiger partial charge in [-0.1, -0.05) is 13.0 Å². The molecule has 25 heavy (non-hydrogen) atoms. The first-order valence-corrected chi connectivity index (χ1v) is 9.55. The van der Waals surface area contributed by atoms with Gasteiger partial charge in [0.25, 0.3) is 0 Å². The van der Waals surface area contributed by atoms with E-state index in [4.69, 9.17) is 4.74 Å². The van der Waals surface area contributed by atoms with E-state index in [1.54, 1.807) is 7.11 Å². The van der Waals surface area contributed by atoms with Gasteiger partial charge in [0.2, 0.25) is 5.91 Å². The number of amides is 1. The quantitative estimate of drug-likeness (QED) is 0.891. The molecule has 0 atom stereocenters. The maximum Gasteiger partial charge on any atom is 0.234 e. The zero-order valence-corrected chi connectivity index (χ0v) is 15.5. The Balaban J connectivity index is 1.42. The van der Waals surface area contributed by atoms with Crippen LogP contribution in [0.3, 0.4) is 0 Å². The average molecular weight is 345 g/mol. The highest BCUT2D eigenvalue weighted by molar-refractivity contribution is 5.78. The predicted octanol–water partition coefficient (Wildman–Crippen LogP) is 2.51. The van der Waals surface area contributed by atoms with Crippen LogP contribution in [0.2, 0.25) is 0 Å². The Morgan fingerprint density at radius 2 is 1.88 bits per heavy atom. The van der Waals surface area contributed by atoms with Crippen LogP contribution < -0.4 is 15.0 Å². The van der Waals surface area contributed by atoms with E-state index in [0.717, 1.165) is 50.7 Å². The summed E-state index contributed by atoms with van der Waals surface area (Å²) in [7, 11) is 1.70. The van der Waals surface area contributed by atoms with E-state index >= 15 is 0 Å². The van der Waals surface area contributed by atoms with Gasteiger partial charge >= 0.3 is 0 Å². The highest BCUT2D eigenvalue weighted by atomic mass is 16.5. The third kappa shape index (κ3) is 5.11. The highest BCUT2D eigenvalue weighted by Gasteiger charge is 2.23. The van der Waals surface area contributed by atoms with E-state index in [9.17, 15) is 4.79 Å². The number of methoxy groups -OCH3 is 1. The molecule has 1 aliphatic carbocycles. The largest absolute Gasteiger partial charge is 0.497 e. The Morgan fingerprint density at radius 3 is 2.56 bits per heavy atom. The fourth-order valence-electron chi connectivity index (χ4n) is 3.85. The van der Waals surface area contributed by atoms with Crippen molar-refractivity contribution in [2.24, 2.45) is 5.92 Å². The van der Waals surface area contributed by atoms with Crippen molar-refractivity contribution in [1.82, 2.24) is 10.2 Å². The van der Waals surface area contributed by atoms with E-state index in [0.29, 0.717) is 12.6 Å². The van der Waals surface area contributed by atoms with Crippen LogP contribution in [0.1, 0.15) is 32.6 Å². The Labute approximate surface area is 151 Å². The van der Waals surface area contributed by atoms with E-state index in [2.05, 4.69) is 34.2 Å². The molecule has 138 valence electrons. The summed E-state index contributed by atoms with van der Waals surface area (Å²) in [6.07, 6.45) is 4.75. The van der Waals surface area contributed by atoms with Crippen LogP contribution in [0, 0.1) is 5.92 Å². The summed E-state index contributed by atoms with van der Waals surface area (Å²) in [5, 5.41) is 3.23. The molecule has 0 spiro atoms. The van der Waals surface area contributed by atoms with Crippen molar-refractivity contribution in [2.45, 2.75) is 38.6 Å². The maximum atomic E-state index is 12.3. The number of ether oxygens (including phenoxy) is 1. The van der Waals surface area contributed by atoms with Gasteiger partial charge in [0.1, 0.15) is 5.75 Å². The first-order chi connectivity index (χ1) is 12.1. The number of hydrogen-bond donors (Lipinski definition) is 1. The molecule has 0 aromatic heterocycles. The fraction of sp³-hybridized carbons (Fsp3) is 0.650. The molecule has 0 unspecified atom stereocenters. The van der Waals surface area contributed by atoms with Gasteiger partial charge in [0, 0.05) is 44.0 Å². The van der Waals surface area contributed by atoms with Gasteiger partial charge in [-0.2, -0.15) is 0 Å². The van der Waals surface area contributed by atoms with Gasteiger partial charge in [-0.15, -0.1) is 0 Å². The summed E-state index contributed by atoms with van der Waals surface area (Å²) in [5.41, 5.74) is 1.19. The van der Waals surface area contributed by atoms with Gasteiger partial charge < -0.3 is 15.0 Å². The molecular weight excluding hydrogens is 314 g/mol. The molecule has 1 saturated carbocycles. The molecule has 3 rings (SSSR count). The summed E-state index contributed by atoms with van der Waals surface area (Å²) in [6, 6.07) is 8.58. The monoisotopic (exact) mass is 345 g/mol. The lowest BCUT2D eigenvalue weighted by atomic mass is 9.87. The fourth-order valence-corrected chi connectivity index (χ4v) is 3.85. The lowest BCUT2D eigenvalue weighted by Gasteiger charge is -2.36. The second kappa shape index (κ2) is 8.56. The molecule has 1 aliphatic heterocycles. The number of anilines is 1. The van der Waals surface area contributed by atoms with Gasteiger partial charge in [-0.25, -0.2) is 0 Å². The van der Waals surface area contributed by atoms with Crippen molar-refractivity contribution >= 4 is 11.6 Å². The van der Waals surface area contributed by atoms with Crippen molar-refractivity contribution in [3.63, 3.8) is 0 Å². The number of piperazine rings is 1. The molecule has 0 radical (unpaired) electrons. The van der Waals surface area contributed by atoms with E-state index in [1.165, 1.54) is 18.5 Å². The minimum absolute atomic E-state index is 0.189. The summed E-state index contributed by atoms with van der Waals surface area (Å²) in [4.78, 5) is 16.9. The van der Waals surface area contributed by atoms with Crippen molar-refractivity contribution in [1.29, 1.82) is 0 Å². The third-order valence-corrected chi connectivity index (χ3v) is 5.54. The van der Waals surface area contributed by atoms with Crippen LogP contribution in [0.15, 0.2) is 24.3 Å². The van der Waals surface area contributed by atoms with Crippen molar-refractivity contribution in [3.05, 3.63) is 24.3 Å². The second-order valence-corrected chi connectivity index (χ2v) is 7.49. The standard InChI is InChI=1S/C20H31N3O2/c1-16-6-8-17(9-7-16)21-20(24)15-22-10-12-23(13-11-22)18-4-3-5-19(14-18)25-2/h3-5,14,16-17H,6-13,15H2,1-2H3,(H,21,24). The summed E-state index contributed by atoms with van der Waals surface area (Å²) < 4.78 is 5.31. The molecular formula is C20H31N3O2. The van der Waals surface area contributed by atoms with Gasteiger partial charge in [-0.05, 0) is 43.7 Å². The van der Waals surface area contributed by atoms with Crippen molar-refractivity contribution < 1.29 is 9.53 Å². The van der Waals surface area contributed by atoms with Gasteiger partial charge in [0.05, 0.1) is 13.7 Å². The first kappa shape index (κ1) is 18.1. The second-order valence-electron chi connectivity index (χ2n) is 7.49. The summed E-state index contributed by atoms with van der Waals surface area (Å²) >= 11 is 0. The van der Waals surface area contributed by atoms with Gasteiger partial charge in [-0.3, -0.25) is 9.69 Å². The maximum absolute atomic E-state index is 12.3. The normalized spacial score (nSPS) is 24.8. The smallest absolute Gasteiger partial charge is 0.234 e. The molecule has 2 fully saturated rings. The van der Waals surface area contributed by atoms with Crippen LogP contribution in [-0.2, 0) is 4.79 Å². The molecule has 1 N–H and O–H groups in total.